The maximum absolute atomic E-state index is 9.86. The molecule has 5 heteroatoms. The van der Waals surface area contributed by atoms with E-state index >= 15 is 0 Å². The zero-order valence-corrected chi connectivity index (χ0v) is 12.2. The zero-order valence-electron chi connectivity index (χ0n) is 10.5. The number of hydrogen-bond donors (Lipinski definition) is 1. The van der Waals surface area contributed by atoms with Crippen molar-refractivity contribution in [2.45, 2.75) is 11.3 Å². The summed E-state index contributed by atoms with van der Waals surface area (Å²) >= 11 is 3.03. The maximum Gasteiger partial charge on any atom is 0.230 e. The first kappa shape index (κ1) is 12.4. The van der Waals surface area contributed by atoms with Crippen molar-refractivity contribution in [1.82, 2.24) is 4.98 Å². The van der Waals surface area contributed by atoms with Crippen LogP contribution in [0.1, 0.15) is 17.4 Å². The van der Waals surface area contributed by atoms with Gasteiger partial charge in [0.25, 0.3) is 0 Å². The van der Waals surface area contributed by atoms with Crippen molar-refractivity contribution >= 4 is 46.1 Å². The van der Waals surface area contributed by atoms with Gasteiger partial charge in [0.2, 0.25) is 5.88 Å². The SMILES string of the molecule is CSc1nc(O)c(/C=C2/C(C)=Nc3ccccc32)s1. The second kappa shape index (κ2) is 4.83. The Morgan fingerprint density at radius 1 is 1.32 bits per heavy atom. The van der Waals surface area contributed by atoms with Gasteiger partial charge in [-0.1, -0.05) is 30.0 Å². The molecule has 0 saturated heterocycles. The van der Waals surface area contributed by atoms with E-state index in [4.69, 9.17) is 0 Å². The van der Waals surface area contributed by atoms with Gasteiger partial charge in [0, 0.05) is 16.8 Å². The molecule has 19 heavy (non-hydrogen) atoms. The van der Waals surface area contributed by atoms with E-state index in [1.807, 2.05) is 37.5 Å². The minimum absolute atomic E-state index is 0.0963. The predicted molar refractivity (Wildman–Crippen MR) is 82.6 cm³/mol. The van der Waals surface area contributed by atoms with E-state index in [2.05, 4.69) is 16.0 Å². The summed E-state index contributed by atoms with van der Waals surface area (Å²) in [5.41, 5.74) is 4.13. The molecule has 0 saturated carbocycles. The fraction of sp³-hybridized carbons (Fsp3) is 0.143. The summed E-state index contributed by atoms with van der Waals surface area (Å²) in [4.78, 5) is 9.42. The van der Waals surface area contributed by atoms with Gasteiger partial charge in [-0.05, 0) is 25.3 Å². The number of allylic oxidation sites excluding steroid dienone is 1. The lowest BCUT2D eigenvalue weighted by Gasteiger charge is -2.00. The molecule has 0 spiro atoms. The number of aliphatic imine (C=N–C) groups is 1. The Bertz CT molecular complexity index is 701. The van der Waals surface area contributed by atoms with E-state index in [1.54, 1.807) is 0 Å². The molecule has 0 bridgehead atoms. The third-order valence-electron chi connectivity index (χ3n) is 2.94. The van der Waals surface area contributed by atoms with Gasteiger partial charge in [0.05, 0.1) is 10.6 Å². The molecule has 0 radical (unpaired) electrons. The summed E-state index contributed by atoms with van der Waals surface area (Å²) in [7, 11) is 0. The lowest BCUT2D eigenvalue weighted by molar-refractivity contribution is 0.453. The molecule has 0 aliphatic carbocycles. The molecule has 3 nitrogen and oxygen atoms in total. The van der Waals surface area contributed by atoms with Crippen molar-refractivity contribution < 1.29 is 5.11 Å². The lowest BCUT2D eigenvalue weighted by atomic mass is 10.0. The average Bonchev–Trinajstić information content (AvgIpc) is 2.92. The molecular weight excluding hydrogens is 276 g/mol. The van der Waals surface area contributed by atoms with Crippen LogP contribution in [0, 0.1) is 0 Å². The minimum Gasteiger partial charge on any atom is -0.492 e. The molecule has 1 N–H and O–H groups in total. The molecule has 0 atom stereocenters. The van der Waals surface area contributed by atoms with Crippen molar-refractivity contribution in [3.8, 4) is 5.88 Å². The number of fused-ring (bicyclic) bond motifs is 1. The number of aromatic hydroxyl groups is 1. The molecule has 0 unspecified atom stereocenters. The molecule has 0 amide bonds. The summed E-state index contributed by atoms with van der Waals surface area (Å²) < 4.78 is 0.866. The molecule has 1 aliphatic rings. The van der Waals surface area contributed by atoms with Gasteiger partial charge in [-0.15, -0.1) is 11.3 Å². The highest BCUT2D eigenvalue weighted by molar-refractivity contribution is 8.00. The highest BCUT2D eigenvalue weighted by Crippen LogP contribution is 2.38. The van der Waals surface area contributed by atoms with Crippen LogP contribution in [0.15, 0.2) is 33.6 Å². The average molecular weight is 288 g/mol. The Morgan fingerprint density at radius 3 is 2.84 bits per heavy atom. The van der Waals surface area contributed by atoms with Crippen LogP contribution in [0.5, 0.6) is 5.88 Å². The molecule has 1 aromatic heterocycles. The van der Waals surface area contributed by atoms with Gasteiger partial charge >= 0.3 is 0 Å². The standard InChI is InChI=1S/C14H12N2OS2/c1-8-10(9-5-3-4-6-11(9)15-8)7-12-13(17)16-14(18-2)19-12/h3-7,17H,1-2H3/b10-7-. The Balaban J connectivity index is 2.09. The summed E-state index contributed by atoms with van der Waals surface area (Å²) in [6.07, 6.45) is 3.92. The summed E-state index contributed by atoms with van der Waals surface area (Å²) in [5.74, 6) is 0.0963. The van der Waals surface area contributed by atoms with E-state index in [-0.39, 0.29) is 5.88 Å². The number of hydrogen-bond acceptors (Lipinski definition) is 5. The van der Waals surface area contributed by atoms with E-state index in [0.29, 0.717) is 0 Å². The number of benzene rings is 1. The third-order valence-corrected chi connectivity index (χ3v) is 4.91. The first-order valence-electron chi connectivity index (χ1n) is 5.79. The normalized spacial score (nSPS) is 15.7. The van der Waals surface area contributed by atoms with Crippen molar-refractivity contribution in [2.24, 2.45) is 4.99 Å². The van der Waals surface area contributed by atoms with Gasteiger partial charge in [-0.25, -0.2) is 0 Å². The van der Waals surface area contributed by atoms with Gasteiger partial charge in [0.1, 0.15) is 0 Å². The van der Waals surface area contributed by atoms with E-state index in [0.717, 1.165) is 31.8 Å². The van der Waals surface area contributed by atoms with Gasteiger partial charge < -0.3 is 5.11 Å². The third kappa shape index (κ3) is 2.19. The lowest BCUT2D eigenvalue weighted by Crippen LogP contribution is -1.89. The minimum atomic E-state index is 0.0963. The molecule has 2 heterocycles. The molecular formula is C14H12N2OS2. The number of thiazole rings is 1. The second-order valence-electron chi connectivity index (χ2n) is 4.14. The fourth-order valence-corrected chi connectivity index (χ4v) is 3.45. The first-order chi connectivity index (χ1) is 9.19. The van der Waals surface area contributed by atoms with E-state index < -0.39 is 0 Å². The molecule has 96 valence electrons. The fourth-order valence-electron chi connectivity index (χ4n) is 2.03. The topological polar surface area (TPSA) is 45.5 Å². The number of rotatable bonds is 2. The molecule has 2 aromatic rings. The van der Waals surface area contributed by atoms with Crippen LogP contribution < -0.4 is 0 Å². The Hall–Kier alpha value is -1.59. The largest absolute Gasteiger partial charge is 0.492 e. The monoisotopic (exact) mass is 288 g/mol. The van der Waals surface area contributed by atoms with Crippen molar-refractivity contribution in [3.63, 3.8) is 0 Å². The highest BCUT2D eigenvalue weighted by atomic mass is 32.2. The Morgan fingerprint density at radius 2 is 2.11 bits per heavy atom. The van der Waals surface area contributed by atoms with Crippen LogP contribution in [0.4, 0.5) is 5.69 Å². The summed E-state index contributed by atoms with van der Waals surface area (Å²) in [5, 5.41) is 9.86. The van der Waals surface area contributed by atoms with Gasteiger partial charge in [0.15, 0.2) is 4.34 Å². The van der Waals surface area contributed by atoms with Gasteiger partial charge in [-0.2, -0.15) is 4.98 Å². The van der Waals surface area contributed by atoms with Crippen LogP contribution >= 0.6 is 23.1 Å². The first-order valence-corrected chi connectivity index (χ1v) is 7.83. The van der Waals surface area contributed by atoms with Gasteiger partial charge in [-0.3, -0.25) is 4.99 Å². The molecule has 3 rings (SSSR count). The number of aromatic nitrogens is 1. The van der Waals surface area contributed by atoms with Crippen LogP contribution in [-0.4, -0.2) is 22.1 Å². The quantitative estimate of drug-likeness (QED) is 0.842. The highest BCUT2D eigenvalue weighted by Gasteiger charge is 2.18. The molecule has 0 fully saturated rings. The Labute approximate surface area is 119 Å². The second-order valence-corrected chi connectivity index (χ2v) is 6.23. The van der Waals surface area contributed by atoms with E-state index in [9.17, 15) is 5.11 Å². The summed E-state index contributed by atoms with van der Waals surface area (Å²) in [6, 6.07) is 8.03. The van der Waals surface area contributed by atoms with Crippen molar-refractivity contribution in [1.29, 1.82) is 0 Å². The molecule has 1 aliphatic heterocycles. The van der Waals surface area contributed by atoms with Crippen molar-refractivity contribution in [2.75, 3.05) is 6.26 Å². The maximum atomic E-state index is 9.86. The van der Waals surface area contributed by atoms with Crippen LogP contribution in [0.25, 0.3) is 11.6 Å². The van der Waals surface area contributed by atoms with Crippen LogP contribution in [0.2, 0.25) is 0 Å². The smallest absolute Gasteiger partial charge is 0.230 e. The number of para-hydroxylation sites is 1. The number of nitrogens with zero attached hydrogens (tertiary/aromatic N) is 2. The van der Waals surface area contributed by atoms with Crippen LogP contribution in [-0.2, 0) is 0 Å². The van der Waals surface area contributed by atoms with Crippen molar-refractivity contribution in [3.05, 3.63) is 34.7 Å². The van der Waals surface area contributed by atoms with Crippen LogP contribution in [0.3, 0.4) is 0 Å². The Kier molecular flexibility index (Phi) is 3.16. The van der Waals surface area contributed by atoms with E-state index in [1.165, 1.54) is 23.1 Å². The molecule has 1 aromatic carbocycles. The summed E-state index contributed by atoms with van der Waals surface area (Å²) in [6.45, 7) is 1.99. The predicted octanol–water partition coefficient (Wildman–Crippen LogP) is 4.22. The zero-order chi connectivity index (χ0) is 13.4. The number of thioether (sulfide) groups is 1.